The van der Waals surface area contributed by atoms with Gasteiger partial charge < -0.3 is 10.4 Å². The maximum atomic E-state index is 12.5. The first-order chi connectivity index (χ1) is 10.7. The molecule has 0 heterocycles. The first kappa shape index (κ1) is 19.8. The molecule has 3 N–H and O–H groups in total. The van der Waals surface area contributed by atoms with Crippen molar-refractivity contribution in [1.82, 2.24) is 4.72 Å². The Labute approximate surface area is 142 Å². The Kier molecular flexibility index (Phi) is 7.35. The zero-order chi connectivity index (χ0) is 17.6. The van der Waals surface area contributed by atoms with Gasteiger partial charge in [-0.2, -0.15) is 17.0 Å². The Bertz CT molecular complexity index is 665. The van der Waals surface area contributed by atoms with Crippen LogP contribution in [-0.4, -0.2) is 43.7 Å². The summed E-state index contributed by atoms with van der Waals surface area (Å²) in [5, 5.41) is 21.5. The van der Waals surface area contributed by atoms with Crippen LogP contribution in [0.1, 0.15) is 26.3 Å². The molecule has 0 fully saturated rings. The molecule has 1 rings (SSSR count). The molecular weight excluding hydrogens is 334 g/mol. The van der Waals surface area contributed by atoms with E-state index in [2.05, 4.69) is 10.0 Å². The van der Waals surface area contributed by atoms with Crippen molar-refractivity contribution in [3.05, 3.63) is 23.8 Å². The highest BCUT2D eigenvalue weighted by molar-refractivity contribution is 7.99. The molecule has 0 radical (unpaired) electrons. The van der Waals surface area contributed by atoms with Crippen LogP contribution in [0.2, 0.25) is 0 Å². The van der Waals surface area contributed by atoms with Crippen molar-refractivity contribution in [2.75, 3.05) is 18.2 Å². The lowest BCUT2D eigenvalue weighted by Gasteiger charge is -2.24. The molecule has 2 unspecified atom stereocenters. The van der Waals surface area contributed by atoms with Crippen molar-refractivity contribution in [2.45, 2.75) is 43.0 Å². The van der Waals surface area contributed by atoms with Crippen LogP contribution in [-0.2, 0) is 10.0 Å². The van der Waals surface area contributed by atoms with Gasteiger partial charge in [-0.3, -0.25) is 0 Å². The fraction of sp³-hybridized carbons (Fsp3) is 0.533. The molecule has 0 saturated heterocycles. The second-order valence-electron chi connectivity index (χ2n) is 5.49. The van der Waals surface area contributed by atoms with Crippen molar-refractivity contribution in [2.24, 2.45) is 0 Å². The standard InChI is InChI=1S/C15H23N3O3S2/c1-10(2)18-23(20,21)15-7-12(8-16)5-6-13(15)17-11(3)14(9-19)22-4/h5-7,10-11,14,17-19H,9H2,1-4H3. The molecule has 23 heavy (non-hydrogen) atoms. The van der Waals surface area contributed by atoms with Crippen LogP contribution in [0.3, 0.4) is 0 Å². The topological polar surface area (TPSA) is 102 Å². The summed E-state index contributed by atoms with van der Waals surface area (Å²) >= 11 is 1.50. The fourth-order valence-electron chi connectivity index (χ4n) is 2.08. The van der Waals surface area contributed by atoms with Gasteiger partial charge >= 0.3 is 0 Å². The zero-order valence-electron chi connectivity index (χ0n) is 13.7. The Hall–Kier alpha value is -1.27. The molecule has 0 saturated carbocycles. The summed E-state index contributed by atoms with van der Waals surface area (Å²) in [7, 11) is -3.74. The van der Waals surface area contributed by atoms with Crippen LogP contribution in [0.5, 0.6) is 0 Å². The van der Waals surface area contributed by atoms with Crippen LogP contribution in [0, 0.1) is 11.3 Å². The van der Waals surface area contributed by atoms with Gasteiger partial charge in [0.1, 0.15) is 4.90 Å². The van der Waals surface area contributed by atoms with Gasteiger partial charge in [-0.25, -0.2) is 13.1 Å². The first-order valence-corrected chi connectivity index (χ1v) is 9.99. The van der Waals surface area contributed by atoms with Crippen molar-refractivity contribution in [3.63, 3.8) is 0 Å². The minimum atomic E-state index is -3.74. The van der Waals surface area contributed by atoms with Gasteiger partial charge in [0.05, 0.1) is 23.9 Å². The van der Waals surface area contributed by atoms with Gasteiger partial charge in [-0.15, -0.1) is 0 Å². The largest absolute Gasteiger partial charge is 0.395 e. The highest BCUT2D eigenvalue weighted by Crippen LogP contribution is 2.25. The molecule has 6 nitrogen and oxygen atoms in total. The minimum absolute atomic E-state index is 0.0159. The zero-order valence-corrected chi connectivity index (χ0v) is 15.3. The minimum Gasteiger partial charge on any atom is -0.395 e. The molecule has 128 valence electrons. The highest BCUT2D eigenvalue weighted by Gasteiger charge is 2.23. The normalized spacial score (nSPS) is 14.3. The monoisotopic (exact) mass is 357 g/mol. The lowest BCUT2D eigenvalue weighted by Crippen LogP contribution is -2.34. The quantitative estimate of drug-likeness (QED) is 0.655. The number of thioether (sulfide) groups is 1. The van der Waals surface area contributed by atoms with E-state index in [1.165, 1.54) is 17.8 Å². The van der Waals surface area contributed by atoms with E-state index in [0.717, 1.165) is 0 Å². The number of sulfonamides is 1. The maximum Gasteiger partial charge on any atom is 0.242 e. The van der Waals surface area contributed by atoms with E-state index >= 15 is 0 Å². The number of nitrogens with zero attached hydrogens (tertiary/aromatic N) is 1. The van der Waals surface area contributed by atoms with Crippen LogP contribution in [0.25, 0.3) is 0 Å². The molecule has 1 aromatic carbocycles. The van der Waals surface area contributed by atoms with Gasteiger partial charge in [0.15, 0.2) is 0 Å². The van der Waals surface area contributed by atoms with E-state index in [1.807, 2.05) is 19.2 Å². The van der Waals surface area contributed by atoms with Crippen LogP contribution in [0.4, 0.5) is 5.69 Å². The van der Waals surface area contributed by atoms with E-state index < -0.39 is 10.0 Å². The van der Waals surface area contributed by atoms with Gasteiger partial charge in [0.25, 0.3) is 0 Å². The summed E-state index contributed by atoms with van der Waals surface area (Å²) in [6.45, 7) is 5.33. The molecular formula is C15H23N3O3S2. The maximum absolute atomic E-state index is 12.5. The number of hydrogen-bond donors (Lipinski definition) is 3. The number of hydrogen-bond acceptors (Lipinski definition) is 6. The Morgan fingerprint density at radius 3 is 2.48 bits per heavy atom. The third-order valence-corrected chi connectivity index (χ3v) is 6.08. The Morgan fingerprint density at radius 2 is 2.00 bits per heavy atom. The fourth-order valence-corrected chi connectivity index (χ4v) is 4.15. The van der Waals surface area contributed by atoms with E-state index in [1.54, 1.807) is 26.0 Å². The molecule has 0 aliphatic rings. The molecule has 0 aliphatic carbocycles. The number of benzene rings is 1. The van der Waals surface area contributed by atoms with E-state index in [-0.39, 0.29) is 34.4 Å². The van der Waals surface area contributed by atoms with Crippen LogP contribution < -0.4 is 10.0 Å². The summed E-state index contributed by atoms with van der Waals surface area (Å²) in [4.78, 5) is 0.0369. The average molecular weight is 358 g/mol. The number of nitrogens with one attached hydrogen (secondary N) is 2. The summed E-state index contributed by atoms with van der Waals surface area (Å²) in [6.07, 6.45) is 1.88. The lowest BCUT2D eigenvalue weighted by atomic mass is 10.2. The van der Waals surface area contributed by atoms with Gasteiger partial charge in [-0.05, 0) is 45.2 Å². The van der Waals surface area contributed by atoms with Crippen LogP contribution >= 0.6 is 11.8 Å². The van der Waals surface area contributed by atoms with E-state index in [4.69, 9.17) is 5.26 Å². The molecule has 0 bridgehead atoms. The second kappa shape index (κ2) is 8.55. The van der Waals surface area contributed by atoms with E-state index in [9.17, 15) is 13.5 Å². The molecule has 2 atom stereocenters. The Balaban J connectivity index is 3.25. The van der Waals surface area contributed by atoms with E-state index in [0.29, 0.717) is 5.69 Å². The summed E-state index contributed by atoms with van der Waals surface area (Å²) in [6, 6.07) is 6.06. The average Bonchev–Trinajstić information content (AvgIpc) is 2.47. The van der Waals surface area contributed by atoms with Gasteiger partial charge in [0, 0.05) is 17.3 Å². The van der Waals surface area contributed by atoms with Crippen molar-refractivity contribution in [3.8, 4) is 6.07 Å². The summed E-state index contributed by atoms with van der Waals surface area (Å²) < 4.78 is 27.5. The number of rotatable bonds is 8. The predicted molar refractivity (Wildman–Crippen MR) is 94.1 cm³/mol. The molecule has 0 aromatic heterocycles. The number of anilines is 1. The second-order valence-corrected chi connectivity index (χ2v) is 8.25. The number of nitriles is 1. The molecule has 0 aliphatic heterocycles. The first-order valence-electron chi connectivity index (χ1n) is 7.21. The van der Waals surface area contributed by atoms with Gasteiger partial charge in [-0.1, -0.05) is 0 Å². The number of aliphatic hydroxyl groups is 1. The van der Waals surface area contributed by atoms with Gasteiger partial charge in [0.2, 0.25) is 10.0 Å². The molecule has 0 spiro atoms. The lowest BCUT2D eigenvalue weighted by molar-refractivity contribution is 0.288. The summed E-state index contributed by atoms with van der Waals surface area (Å²) in [5.74, 6) is 0. The van der Waals surface area contributed by atoms with Crippen molar-refractivity contribution in [1.29, 1.82) is 5.26 Å². The SMILES string of the molecule is CSC(CO)C(C)Nc1ccc(C#N)cc1S(=O)(=O)NC(C)C. The third kappa shape index (κ3) is 5.39. The molecule has 8 heteroatoms. The highest BCUT2D eigenvalue weighted by atomic mass is 32.2. The summed E-state index contributed by atoms with van der Waals surface area (Å²) in [5.41, 5.74) is 0.688. The Morgan fingerprint density at radius 1 is 1.35 bits per heavy atom. The van der Waals surface area contributed by atoms with Crippen molar-refractivity contribution >= 4 is 27.5 Å². The predicted octanol–water partition coefficient (Wildman–Crippen LogP) is 1.77. The third-order valence-electron chi connectivity index (χ3n) is 3.21. The van der Waals surface area contributed by atoms with Crippen LogP contribution in [0.15, 0.2) is 23.1 Å². The smallest absolute Gasteiger partial charge is 0.242 e. The van der Waals surface area contributed by atoms with Crippen molar-refractivity contribution < 1.29 is 13.5 Å². The number of aliphatic hydroxyl groups excluding tert-OH is 1. The molecule has 0 amide bonds. The molecule has 1 aromatic rings.